The number of nitrogens with zero attached hydrogens (tertiary/aromatic N) is 2. The molecule has 1 aromatic heterocycles. The van der Waals surface area contributed by atoms with Gasteiger partial charge < -0.3 is 11.1 Å². The summed E-state index contributed by atoms with van der Waals surface area (Å²) in [7, 11) is 0. The van der Waals surface area contributed by atoms with E-state index in [1.165, 1.54) is 0 Å². The summed E-state index contributed by atoms with van der Waals surface area (Å²) in [5, 5.41) is 9.74. The molecule has 106 valence electrons. The first-order valence-electron chi connectivity index (χ1n) is 6.29. The standard InChI is InChI=1S/C13H15N5O.ClH/c14-7-11-16-12(18-17-11)8-3-5-10(6-4-8)15-13(19)9-1-2-9;/h3-6,9H,1-2,7,14H2,(H,15,19)(H,16,17,18);1H. The molecule has 0 spiro atoms. The molecule has 4 N–H and O–H groups in total. The minimum Gasteiger partial charge on any atom is -0.326 e. The third kappa shape index (κ3) is 3.15. The van der Waals surface area contributed by atoms with Crippen molar-refractivity contribution < 1.29 is 4.79 Å². The maximum Gasteiger partial charge on any atom is 0.227 e. The van der Waals surface area contributed by atoms with E-state index in [9.17, 15) is 4.79 Å². The number of carbonyl (C=O) groups is 1. The molecule has 1 saturated carbocycles. The van der Waals surface area contributed by atoms with Gasteiger partial charge in [0.25, 0.3) is 0 Å². The number of H-pyrrole nitrogens is 1. The van der Waals surface area contributed by atoms with Gasteiger partial charge in [-0.3, -0.25) is 9.89 Å². The number of anilines is 1. The summed E-state index contributed by atoms with van der Waals surface area (Å²) in [6, 6.07) is 7.47. The molecule has 0 saturated heterocycles. The predicted molar refractivity (Wildman–Crippen MR) is 78.3 cm³/mol. The second-order valence-corrected chi connectivity index (χ2v) is 4.65. The van der Waals surface area contributed by atoms with Crippen LogP contribution >= 0.6 is 12.4 Å². The number of benzene rings is 1. The highest BCUT2D eigenvalue weighted by molar-refractivity contribution is 5.94. The highest BCUT2D eigenvalue weighted by Crippen LogP contribution is 2.30. The van der Waals surface area contributed by atoms with Crippen LogP contribution in [0.4, 0.5) is 5.69 Å². The van der Waals surface area contributed by atoms with Crippen molar-refractivity contribution in [2.45, 2.75) is 19.4 Å². The first-order valence-corrected chi connectivity index (χ1v) is 6.29. The Morgan fingerprint density at radius 3 is 2.60 bits per heavy atom. The summed E-state index contributed by atoms with van der Waals surface area (Å²) in [6.07, 6.45) is 2.01. The Bertz CT molecular complexity index is 591. The van der Waals surface area contributed by atoms with Crippen LogP contribution in [0.5, 0.6) is 0 Å². The number of carbonyl (C=O) groups excluding carboxylic acids is 1. The lowest BCUT2D eigenvalue weighted by molar-refractivity contribution is -0.117. The Morgan fingerprint density at radius 1 is 1.35 bits per heavy atom. The molecule has 7 heteroatoms. The number of nitrogens with one attached hydrogen (secondary N) is 2. The maximum atomic E-state index is 11.6. The zero-order chi connectivity index (χ0) is 13.2. The number of halogens is 1. The largest absolute Gasteiger partial charge is 0.326 e. The molecule has 1 fully saturated rings. The van der Waals surface area contributed by atoms with Crippen LogP contribution in [0.1, 0.15) is 18.7 Å². The van der Waals surface area contributed by atoms with Gasteiger partial charge in [-0.1, -0.05) is 0 Å². The number of hydrogen-bond donors (Lipinski definition) is 3. The smallest absolute Gasteiger partial charge is 0.227 e. The van der Waals surface area contributed by atoms with Crippen LogP contribution in [0.15, 0.2) is 24.3 Å². The van der Waals surface area contributed by atoms with E-state index < -0.39 is 0 Å². The zero-order valence-corrected chi connectivity index (χ0v) is 11.6. The van der Waals surface area contributed by atoms with Gasteiger partial charge in [-0.2, -0.15) is 5.10 Å². The minimum atomic E-state index is 0. The normalized spacial score (nSPS) is 13.7. The monoisotopic (exact) mass is 293 g/mol. The average molecular weight is 294 g/mol. The Hall–Kier alpha value is -1.92. The van der Waals surface area contributed by atoms with Crippen molar-refractivity contribution in [2.24, 2.45) is 11.7 Å². The summed E-state index contributed by atoms with van der Waals surface area (Å²) < 4.78 is 0. The highest BCUT2D eigenvalue weighted by atomic mass is 35.5. The fourth-order valence-corrected chi connectivity index (χ4v) is 1.81. The SMILES string of the molecule is Cl.NCc1nc(-c2ccc(NC(=O)C3CC3)cc2)n[nH]1. The van der Waals surface area contributed by atoms with Crippen molar-refractivity contribution >= 4 is 24.0 Å². The Kier molecular flexibility index (Phi) is 4.36. The van der Waals surface area contributed by atoms with Crippen molar-refractivity contribution in [1.29, 1.82) is 0 Å². The van der Waals surface area contributed by atoms with Crippen molar-refractivity contribution in [3.05, 3.63) is 30.1 Å². The molecule has 1 heterocycles. The van der Waals surface area contributed by atoms with Crippen LogP contribution in [0.25, 0.3) is 11.4 Å². The van der Waals surface area contributed by atoms with Crippen molar-refractivity contribution in [3.8, 4) is 11.4 Å². The van der Waals surface area contributed by atoms with Crippen molar-refractivity contribution in [3.63, 3.8) is 0 Å². The summed E-state index contributed by atoms with van der Waals surface area (Å²) >= 11 is 0. The summed E-state index contributed by atoms with van der Waals surface area (Å²) in [6.45, 7) is 0.336. The van der Waals surface area contributed by atoms with Gasteiger partial charge in [-0.05, 0) is 37.1 Å². The number of hydrogen-bond acceptors (Lipinski definition) is 4. The van der Waals surface area contributed by atoms with Crippen LogP contribution in [0.2, 0.25) is 0 Å². The topological polar surface area (TPSA) is 96.7 Å². The van der Waals surface area contributed by atoms with Crippen LogP contribution in [0, 0.1) is 5.92 Å². The zero-order valence-electron chi connectivity index (χ0n) is 10.8. The molecule has 2 aromatic rings. The molecule has 0 aliphatic heterocycles. The molecule has 1 aromatic carbocycles. The third-order valence-corrected chi connectivity index (χ3v) is 3.08. The molecule has 1 aliphatic carbocycles. The van der Waals surface area contributed by atoms with Gasteiger partial charge in [0.05, 0.1) is 6.54 Å². The maximum absolute atomic E-state index is 11.6. The van der Waals surface area contributed by atoms with Gasteiger partial charge in [-0.15, -0.1) is 12.4 Å². The number of nitrogens with two attached hydrogens (primary N) is 1. The Balaban J connectivity index is 0.00000147. The fraction of sp³-hybridized carbons (Fsp3) is 0.308. The van der Waals surface area contributed by atoms with E-state index in [0.29, 0.717) is 18.2 Å². The molecular formula is C13H16ClN5O. The average Bonchev–Trinajstić information content (AvgIpc) is 3.18. The number of amides is 1. The van der Waals surface area contributed by atoms with Crippen LogP contribution in [0.3, 0.4) is 0 Å². The van der Waals surface area contributed by atoms with Gasteiger partial charge in [0.1, 0.15) is 5.82 Å². The molecule has 1 aliphatic rings. The molecule has 6 nitrogen and oxygen atoms in total. The van der Waals surface area contributed by atoms with Crippen LogP contribution in [-0.2, 0) is 11.3 Å². The number of aromatic amines is 1. The van der Waals surface area contributed by atoms with Crippen LogP contribution in [-0.4, -0.2) is 21.1 Å². The lowest BCUT2D eigenvalue weighted by Crippen LogP contribution is -2.12. The second-order valence-electron chi connectivity index (χ2n) is 4.65. The van der Waals surface area contributed by atoms with E-state index in [-0.39, 0.29) is 24.2 Å². The van der Waals surface area contributed by atoms with E-state index in [2.05, 4.69) is 20.5 Å². The molecule has 0 radical (unpaired) electrons. The summed E-state index contributed by atoms with van der Waals surface area (Å²) in [5.74, 6) is 1.58. The van der Waals surface area contributed by atoms with E-state index >= 15 is 0 Å². The fourth-order valence-electron chi connectivity index (χ4n) is 1.81. The van der Waals surface area contributed by atoms with E-state index in [4.69, 9.17) is 5.73 Å². The lowest BCUT2D eigenvalue weighted by atomic mass is 10.2. The van der Waals surface area contributed by atoms with Crippen molar-refractivity contribution in [2.75, 3.05) is 5.32 Å². The first-order chi connectivity index (χ1) is 9.26. The van der Waals surface area contributed by atoms with E-state index in [1.807, 2.05) is 24.3 Å². The van der Waals surface area contributed by atoms with Gasteiger partial charge in [0, 0.05) is 17.2 Å². The second kappa shape index (κ2) is 6.02. The van der Waals surface area contributed by atoms with E-state index in [1.54, 1.807) is 0 Å². The summed E-state index contributed by atoms with van der Waals surface area (Å²) in [5.41, 5.74) is 7.16. The minimum absolute atomic E-state index is 0. The molecule has 3 rings (SSSR count). The molecule has 20 heavy (non-hydrogen) atoms. The van der Waals surface area contributed by atoms with Gasteiger partial charge in [0.15, 0.2) is 5.82 Å². The highest BCUT2D eigenvalue weighted by Gasteiger charge is 2.29. The van der Waals surface area contributed by atoms with Gasteiger partial charge in [0.2, 0.25) is 5.91 Å². The third-order valence-electron chi connectivity index (χ3n) is 3.08. The van der Waals surface area contributed by atoms with E-state index in [0.717, 1.165) is 24.1 Å². The Morgan fingerprint density at radius 2 is 2.05 bits per heavy atom. The molecule has 0 atom stereocenters. The summed E-state index contributed by atoms with van der Waals surface area (Å²) in [4.78, 5) is 15.9. The lowest BCUT2D eigenvalue weighted by Gasteiger charge is -2.04. The quantitative estimate of drug-likeness (QED) is 0.799. The molecule has 0 bridgehead atoms. The Labute approximate surface area is 122 Å². The van der Waals surface area contributed by atoms with Crippen LogP contribution < -0.4 is 11.1 Å². The molecule has 0 unspecified atom stereocenters. The number of rotatable bonds is 4. The molecular weight excluding hydrogens is 278 g/mol. The molecule has 1 amide bonds. The first kappa shape index (κ1) is 14.5. The van der Waals surface area contributed by atoms with Gasteiger partial charge >= 0.3 is 0 Å². The van der Waals surface area contributed by atoms with Crippen molar-refractivity contribution in [1.82, 2.24) is 15.2 Å². The van der Waals surface area contributed by atoms with Gasteiger partial charge in [-0.25, -0.2) is 4.98 Å². The number of aromatic nitrogens is 3. The predicted octanol–water partition coefficient (Wildman–Crippen LogP) is 1.70.